The standard InChI is InChI=1S/C14H16IN3O2/c1-8-4-5-11(7-12(8)15)16-10(3)14(19)17-13-6-9(2)20-18-13/h4-7,10,16H,1-3H3,(H,17,18,19). The highest BCUT2D eigenvalue weighted by atomic mass is 127. The number of hydrogen-bond donors (Lipinski definition) is 2. The van der Waals surface area contributed by atoms with E-state index in [1.54, 1.807) is 19.9 Å². The quantitative estimate of drug-likeness (QED) is 0.793. The Balaban J connectivity index is 1.98. The number of carbonyl (C=O) groups is 1. The summed E-state index contributed by atoms with van der Waals surface area (Å²) in [5.41, 5.74) is 2.13. The second-order valence-corrected chi connectivity index (χ2v) is 5.80. The predicted octanol–water partition coefficient (Wildman–Crippen LogP) is 3.34. The number of rotatable bonds is 4. The molecule has 2 aromatic rings. The first kappa shape index (κ1) is 14.8. The minimum absolute atomic E-state index is 0.158. The van der Waals surface area contributed by atoms with Gasteiger partial charge in [-0.3, -0.25) is 4.79 Å². The number of carbonyl (C=O) groups excluding carboxylic acids is 1. The molecule has 1 atom stereocenters. The number of hydrogen-bond acceptors (Lipinski definition) is 4. The largest absolute Gasteiger partial charge is 0.374 e. The summed E-state index contributed by atoms with van der Waals surface area (Å²) in [5.74, 6) is 0.933. The fourth-order valence-corrected chi connectivity index (χ4v) is 2.17. The van der Waals surface area contributed by atoms with Crippen LogP contribution in [0, 0.1) is 17.4 Å². The Morgan fingerprint density at radius 1 is 1.35 bits per heavy atom. The molecule has 0 saturated heterocycles. The van der Waals surface area contributed by atoms with E-state index in [-0.39, 0.29) is 11.9 Å². The van der Waals surface area contributed by atoms with E-state index in [1.807, 2.05) is 18.2 Å². The van der Waals surface area contributed by atoms with E-state index in [0.29, 0.717) is 11.6 Å². The summed E-state index contributed by atoms with van der Waals surface area (Å²) >= 11 is 2.27. The molecule has 6 heteroatoms. The van der Waals surface area contributed by atoms with Gasteiger partial charge in [0.2, 0.25) is 5.91 Å². The number of nitrogens with zero attached hydrogens (tertiary/aromatic N) is 1. The normalized spacial score (nSPS) is 12.0. The number of aromatic nitrogens is 1. The number of anilines is 2. The second-order valence-electron chi connectivity index (χ2n) is 4.64. The van der Waals surface area contributed by atoms with E-state index in [0.717, 1.165) is 9.26 Å². The van der Waals surface area contributed by atoms with Gasteiger partial charge in [-0.2, -0.15) is 0 Å². The number of benzene rings is 1. The van der Waals surface area contributed by atoms with Gasteiger partial charge in [0.1, 0.15) is 11.8 Å². The number of amides is 1. The van der Waals surface area contributed by atoms with Crippen molar-refractivity contribution in [3.05, 3.63) is 39.2 Å². The van der Waals surface area contributed by atoms with Crippen LogP contribution in [-0.2, 0) is 4.79 Å². The van der Waals surface area contributed by atoms with Crippen molar-refractivity contribution in [3.63, 3.8) is 0 Å². The minimum Gasteiger partial charge on any atom is -0.374 e. The lowest BCUT2D eigenvalue weighted by Crippen LogP contribution is -2.32. The molecule has 106 valence electrons. The van der Waals surface area contributed by atoms with Crippen LogP contribution in [0.25, 0.3) is 0 Å². The first-order valence-electron chi connectivity index (χ1n) is 6.22. The van der Waals surface area contributed by atoms with Crippen LogP contribution in [0.15, 0.2) is 28.8 Å². The van der Waals surface area contributed by atoms with Crippen molar-refractivity contribution in [2.45, 2.75) is 26.8 Å². The van der Waals surface area contributed by atoms with Crippen LogP contribution >= 0.6 is 22.6 Å². The van der Waals surface area contributed by atoms with E-state index < -0.39 is 0 Å². The van der Waals surface area contributed by atoms with E-state index in [2.05, 4.69) is 45.3 Å². The first-order chi connectivity index (χ1) is 9.45. The lowest BCUT2D eigenvalue weighted by Gasteiger charge is -2.14. The third kappa shape index (κ3) is 3.72. The van der Waals surface area contributed by atoms with Crippen molar-refractivity contribution in [1.29, 1.82) is 0 Å². The smallest absolute Gasteiger partial charge is 0.247 e. The Kier molecular flexibility index (Phi) is 4.64. The highest BCUT2D eigenvalue weighted by Gasteiger charge is 2.14. The van der Waals surface area contributed by atoms with E-state index in [9.17, 15) is 4.79 Å². The maximum atomic E-state index is 12.0. The molecule has 1 amide bonds. The van der Waals surface area contributed by atoms with Gasteiger partial charge in [0.05, 0.1) is 0 Å². The summed E-state index contributed by atoms with van der Waals surface area (Å²) in [6.45, 7) is 5.63. The zero-order valence-corrected chi connectivity index (χ0v) is 13.7. The van der Waals surface area contributed by atoms with Crippen LogP contribution in [-0.4, -0.2) is 17.1 Å². The molecule has 2 rings (SSSR count). The van der Waals surface area contributed by atoms with Crippen molar-refractivity contribution in [2.24, 2.45) is 0 Å². The van der Waals surface area contributed by atoms with Crippen molar-refractivity contribution in [2.75, 3.05) is 10.6 Å². The molecule has 0 aliphatic heterocycles. The maximum absolute atomic E-state index is 12.0. The van der Waals surface area contributed by atoms with Gasteiger partial charge < -0.3 is 15.2 Å². The predicted molar refractivity (Wildman–Crippen MR) is 86.9 cm³/mol. The molecule has 20 heavy (non-hydrogen) atoms. The fourth-order valence-electron chi connectivity index (χ4n) is 1.66. The minimum atomic E-state index is -0.370. The van der Waals surface area contributed by atoms with Crippen molar-refractivity contribution >= 4 is 40.0 Å². The van der Waals surface area contributed by atoms with E-state index in [4.69, 9.17) is 4.52 Å². The van der Waals surface area contributed by atoms with Gasteiger partial charge in [-0.05, 0) is 61.1 Å². The molecule has 1 unspecified atom stereocenters. The van der Waals surface area contributed by atoms with E-state index in [1.165, 1.54) is 5.56 Å². The SMILES string of the molecule is Cc1cc(NC(=O)C(C)Nc2ccc(C)c(I)c2)no1. The number of aryl methyl sites for hydroxylation is 2. The second kappa shape index (κ2) is 6.25. The maximum Gasteiger partial charge on any atom is 0.247 e. The molecule has 0 spiro atoms. The molecule has 0 saturated carbocycles. The summed E-state index contributed by atoms with van der Waals surface area (Å²) in [6.07, 6.45) is 0. The topological polar surface area (TPSA) is 67.2 Å². The van der Waals surface area contributed by atoms with Crippen LogP contribution in [0.5, 0.6) is 0 Å². The van der Waals surface area contributed by atoms with Crippen LogP contribution in [0.2, 0.25) is 0 Å². The Hall–Kier alpha value is -1.57. The average Bonchev–Trinajstić information content (AvgIpc) is 2.79. The van der Waals surface area contributed by atoms with Crippen LogP contribution < -0.4 is 10.6 Å². The molecule has 1 aromatic carbocycles. The number of nitrogens with one attached hydrogen (secondary N) is 2. The molecule has 0 fully saturated rings. The Morgan fingerprint density at radius 3 is 2.70 bits per heavy atom. The van der Waals surface area contributed by atoms with Gasteiger partial charge in [-0.25, -0.2) is 0 Å². The summed E-state index contributed by atoms with van der Waals surface area (Å²) in [6, 6.07) is 7.31. The van der Waals surface area contributed by atoms with E-state index >= 15 is 0 Å². The number of halogens is 1. The molecular formula is C14H16IN3O2. The van der Waals surface area contributed by atoms with Gasteiger partial charge in [0.15, 0.2) is 5.82 Å². The highest BCUT2D eigenvalue weighted by molar-refractivity contribution is 14.1. The van der Waals surface area contributed by atoms with Crippen molar-refractivity contribution in [1.82, 2.24) is 5.16 Å². The van der Waals surface area contributed by atoms with Gasteiger partial charge in [0, 0.05) is 15.3 Å². The fraction of sp³-hybridized carbons (Fsp3) is 0.286. The third-order valence-electron chi connectivity index (χ3n) is 2.83. The first-order valence-corrected chi connectivity index (χ1v) is 7.30. The monoisotopic (exact) mass is 385 g/mol. The molecule has 0 radical (unpaired) electrons. The Labute approximate surface area is 131 Å². The van der Waals surface area contributed by atoms with Crippen LogP contribution in [0.1, 0.15) is 18.2 Å². The molecule has 2 N–H and O–H groups in total. The summed E-state index contributed by atoms with van der Waals surface area (Å²) in [5, 5.41) is 9.60. The lowest BCUT2D eigenvalue weighted by atomic mass is 10.2. The summed E-state index contributed by atoms with van der Waals surface area (Å²) in [4.78, 5) is 12.0. The van der Waals surface area contributed by atoms with Gasteiger partial charge in [0.25, 0.3) is 0 Å². The van der Waals surface area contributed by atoms with Gasteiger partial charge >= 0.3 is 0 Å². The van der Waals surface area contributed by atoms with Crippen molar-refractivity contribution in [3.8, 4) is 0 Å². The lowest BCUT2D eigenvalue weighted by molar-refractivity contribution is -0.116. The molecular weight excluding hydrogens is 369 g/mol. The summed E-state index contributed by atoms with van der Waals surface area (Å²) < 4.78 is 6.07. The molecule has 0 aliphatic rings. The Morgan fingerprint density at radius 2 is 2.10 bits per heavy atom. The van der Waals surface area contributed by atoms with Gasteiger partial charge in [-0.15, -0.1) is 0 Å². The molecule has 1 aromatic heterocycles. The highest BCUT2D eigenvalue weighted by Crippen LogP contribution is 2.18. The molecule has 5 nitrogen and oxygen atoms in total. The van der Waals surface area contributed by atoms with Crippen molar-refractivity contribution < 1.29 is 9.32 Å². The van der Waals surface area contributed by atoms with Gasteiger partial charge in [-0.1, -0.05) is 11.2 Å². The van der Waals surface area contributed by atoms with Crippen LogP contribution in [0.4, 0.5) is 11.5 Å². The third-order valence-corrected chi connectivity index (χ3v) is 3.99. The molecule has 0 bridgehead atoms. The Bertz CT molecular complexity index is 625. The molecule has 0 aliphatic carbocycles. The zero-order chi connectivity index (χ0) is 14.7. The average molecular weight is 385 g/mol. The van der Waals surface area contributed by atoms with Crippen LogP contribution in [0.3, 0.4) is 0 Å². The molecule has 1 heterocycles. The summed E-state index contributed by atoms with van der Waals surface area (Å²) in [7, 11) is 0. The zero-order valence-electron chi connectivity index (χ0n) is 11.5.